The molecule has 1 heterocycles. The molecule has 0 aromatic heterocycles. The van der Waals surface area contributed by atoms with Gasteiger partial charge in [-0.2, -0.15) is 0 Å². The Labute approximate surface area is 193 Å². The predicted molar refractivity (Wildman–Crippen MR) is 124 cm³/mol. The summed E-state index contributed by atoms with van der Waals surface area (Å²) in [5.41, 5.74) is 1.15. The van der Waals surface area contributed by atoms with Crippen LogP contribution in [0.4, 0.5) is 14.5 Å². The van der Waals surface area contributed by atoms with Crippen molar-refractivity contribution in [2.45, 2.75) is 44.6 Å². The summed E-state index contributed by atoms with van der Waals surface area (Å²) in [5.74, 6) is -1.37. The summed E-state index contributed by atoms with van der Waals surface area (Å²) >= 11 is 0. The fourth-order valence-electron chi connectivity index (χ4n) is 5.05. The second-order valence-corrected chi connectivity index (χ2v) is 9.01. The van der Waals surface area contributed by atoms with E-state index < -0.39 is 11.6 Å². The monoisotopic (exact) mass is 455 g/mol. The van der Waals surface area contributed by atoms with Crippen molar-refractivity contribution < 1.29 is 18.4 Å². The molecule has 5 nitrogen and oxygen atoms in total. The molecule has 1 N–H and O–H groups in total. The number of anilines is 1. The molecule has 4 rings (SSSR count). The maximum absolute atomic E-state index is 14.1. The lowest BCUT2D eigenvalue weighted by Gasteiger charge is -2.40. The smallest absolute Gasteiger partial charge is 0.242 e. The minimum atomic E-state index is -0.776. The van der Waals surface area contributed by atoms with E-state index in [1.807, 2.05) is 35.2 Å². The van der Waals surface area contributed by atoms with E-state index in [0.29, 0.717) is 32.6 Å². The molecule has 2 aromatic carbocycles. The third-order valence-electron chi connectivity index (χ3n) is 6.83. The van der Waals surface area contributed by atoms with Crippen molar-refractivity contribution in [2.75, 3.05) is 31.5 Å². The van der Waals surface area contributed by atoms with Gasteiger partial charge in [-0.1, -0.05) is 43.2 Å². The Kier molecular flexibility index (Phi) is 7.70. The number of halogens is 2. The van der Waals surface area contributed by atoms with E-state index in [2.05, 4.69) is 10.2 Å². The molecule has 2 aliphatic rings. The number of carbonyl (C=O) groups is 2. The van der Waals surface area contributed by atoms with Gasteiger partial charge in [-0.25, -0.2) is 8.78 Å². The van der Waals surface area contributed by atoms with E-state index in [0.717, 1.165) is 49.8 Å². The number of hydrogen-bond acceptors (Lipinski definition) is 3. The number of nitrogens with zero attached hydrogens (tertiary/aromatic N) is 2. The Morgan fingerprint density at radius 3 is 2.33 bits per heavy atom. The molecule has 2 fully saturated rings. The Balaban J connectivity index is 1.36. The van der Waals surface area contributed by atoms with Crippen molar-refractivity contribution in [3.63, 3.8) is 0 Å². The first kappa shape index (κ1) is 23.4. The molecule has 1 saturated carbocycles. The minimum absolute atomic E-state index is 0.000812. The maximum Gasteiger partial charge on any atom is 0.242 e. The van der Waals surface area contributed by atoms with E-state index in [1.54, 1.807) is 0 Å². The fourth-order valence-corrected chi connectivity index (χ4v) is 5.05. The van der Waals surface area contributed by atoms with E-state index in [4.69, 9.17) is 0 Å². The van der Waals surface area contributed by atoms with Crippen molar-refractivity contribution in [1.82, 2.24) is 9.80 Å². The standard InChI is InChI=1S/C26H31F2N3O2/c27-21-11-12-23(22(28)18-21)29-26(33)25(20-8-4-5-9-20)31-16-14-30(15-17-31)24(32)13-10-19-6-2-1-3-7-19/h1-3,6-7,11-12,18,20,25H,4-5,8-10,13-17H2,(H,29,33). The predicted octanol–water partition coefficient (Wildman–Crippen LogP) is 4.24. The summed E-state index contributed by atoms with van der Waals surface area (Å²) in [6.07, 6.45) is 5.27. The molecule has 2 amide bonds. The quantitative estimate of drug-likeness (QED) is 0.680. The summed E-state index contributed by atoms with van der Waals surface area (Å²) in [6, 6.07) is 12.8. The van der Waals surface area contributed by atoms with Gasteiger partial charge in [0.25, 0.3) is 0 Å². The molecule has 1 aliphatic heterocycles. The van der Waals surface area contributed by atoms with Crippen LogP contribution in [0, 0.1) is 17.6 Å². The summed E-state index contributed by atoms with van der Waals surface area (Å²) in [7, 11) is 0. The minimum Gasteiger partial charge on any atom is -0.340 e. The van der Waals surface area contributed by atoms with Crippen LogP contribution in [0.25, 0.3) is 0 Å². The lowest BCUT2D eigenvalue weighted by molar-refractivity contribution is -0.134. The lowest BCUT2D eigenvalue weighted by Crippen LogP contribution is -2.57. The van der Waals surface area contributed by atoms with Crippen LogP contribution < -0.4 is 5.32 Å². The largest absolute Gasteiger partial charge is 0.340 e. The van der Waals surface area contributed by atoms with Crippen molar-refractivity contribution in [1.29, 1.82) is 0 Å². The highest BCUT2D eigenvalue weighted by Crippen LogP contribution is 2.32. The van der Waals surface area contributed by atoms with Gasteiger partial charge in [0.2, 0.25) is 11.8 Å². The van der Waals surface area contributed by atoms with Crippen molar-refractivity contribution >= 4 is 17.5 Å². The summed E-state index contributed by atoms with van der Waals surface area (Å²) < 4.78 is 27.4. The molecule has 33 heavy (non-hydrogen) atoms. The molecule has 0 radical (unpaired) electrons. The Bertz CT molecular complexity index is 955. The first-order valence-electron chi connectivity index (χ1n) is 11.8. The highest BCUT2D eigenvalue weighted by Gasteiger charge is 2.37. The molecule has 2 aromatic rings. The second kappa shape index (κ2) is 10.9. The Hall–Kier alpha value is -2.80. The van der Waals surface area contributed by atoms with Gasteiger partial charge in [-0.15, -0.1) is 0 Å². The number of carbonyl (C=O) groups excluding carboxylic acids is 2. The van der Waals surface area contributed by atoms with E-state index >= 15 is 0 Å². The number of amides is 2. The normalized spacial score (nSPS) is 18.3. The van der Waals surface area contributed by atoms with Crippen LogP contribution in [-0.4, -0.2) is 53.8 Å². The summed E-state index contributed by atoms with van der Waals surface area (Å²) in [5, 5.41) is 2.68. The van der Waals surface area contributed by atoms with Crippen molar-refractivity contribution in [2.24, 2.45) is 5.92 Å². The number of aryl methyl sites for hydroxylation is 1. The Morgan fingerprint density at radius 1 is 0.970 bits per heavy atom. The fraction of sp³-hybridized carbons (Fsp3) is 0.462. The number of hydrogen-bond donors (Lipinski definition) is 1. The molecule has 1 saturated heterocycles. The van der Waals surface area contributed by atoms with E-state index in [9.17, 15) is 18.4 Å². The van der Waals surface area contributed by atoms with E-state index in [1.165, 1.54) is 6.07 Å². The van der Waals surface area contributed by atoms with Gasteiger partial charge in [0, 0.05) is 38.7 Å². The van der Waals surface area contributed by atoms with Crippen molar-refractivity contribution in [3.05, 3.63) is 65.7 Å². The van der Waals surface area contributed by atoms with Gasteiger partial charge in [0.05, 0.1) is 11.7 Å². The van der Waals surface area contributed by atoms with Gasteiger partial charge in [0.15, 0.2) is 0 Å². The second-order valence-electron chi connectivity index (χ2n) is 9.01. The number of piperazine rings is 1. The van der Waals surface area contributed by atoms with Crippen LogP contribution in [-0.2, 0) is 16.0 Å². The molecule has 0 spiro atoms. The molecule has 1 unspecified atom stereocenters. The summed E-state index contributed by atoms with van der Waals surface area (Å²) in [4.78, 5) is 29.9. The molecular weight excluding hydrogens is 424 g/mol. The van der Waals surface area contributed by atoms with Crippen LogP contribution in [0.1, 0.15) is 37.7 Å². The van der Waals surface area contributed by atoms with Gasteiger partial charge >= 0.3 is 0 Å². The molecule has 7 heteroatoms. The third-order valence-corrected chi connectivity index (χ3v) is 6.83. The lowest BCUT2D eigenvalue weighted by atomic mass is 9.94. The Morgan fingerprint density at radius 2 is 1.67 bits per heavy atom. The third kappa shape index (κ3) is 5.96. The number of rotatable bonds is 7. The molecular formula is C26H31F2N3O2. The van der Waals surface area contributed by atoms with Crippen LogP contribution in [0.15, 0.2) is 48.5 Å². The van der Waals surface area contributed by atoms with Crippen LogP contribution >= 0.6 is 0 Å². The zero-order valence-corrected chi connectivity index (χ0v) is 18.8. The number of benzene rings is 2. The molecule has 1 atom stereocenters. The van der Waals surface area contributed by atoms with Crippen LogP contribution in [0.5, 0.6) is 0 Å². The zero-order chi connectivity index (χ0) is 23.2. The molecule has 0 bridgehead atoms. The van der Waals surface area contributed by atoms with Gasteiger partial charge in [0.1, 0.15) is 11.6 Å². The average molecular weight is 456 g/mol. The van der Waals surface area contributed by atoms with Gasteiger partial charge in [-0.05, 0) is 42.9 Å². The zero-order valence-electron chi connectivity index (χ0n) is 18.8. The highest BCUT2D eigenvalue weighted by atomic mass is 19.1. The molecule has 1 aliphatic carbocycles. The maximum atomic E-state index is 14.1. The number of nitrogens with one attached hydrogen (secondary N) is 1. The molecule has 176 valence electrons. The highest BCUT2D eigenvalue weighted by molar-refractivity contribution is 5.95. The topological polar surface area (TPSA) is 52.7 Å². The average Bonchev–Trinajstić information content (AvgIpc) is 3.35. The first-order chi connectivity index (χ1) is 16.0. The van der Waals surface area contributed by atoms with Crippen molar-refractivity contribution in [3.8, 4) is 0 Å². The first-order valence-corrected chi connectivity index (χ1v) is 11.8. The SMILES string of the molecule is O=C(Nc1ccc(F)cc1F)C(C1CCCC1)N1CCN(C(=O)CCc2ccccc2)CC1. The van der Waals surface area contributed by atoms with Gasteiger partial charge < -0.3 is 10.2 Å². The van der Waals surface area contributed by atoms with Crippen LogP contribution in [0.2, 0.25) is 0 Å². The van der Waals surface area contributed by atoms with Crippen LogP contribution in [0.3, 0.4) is 0 Å². The summed E-state index contributed by atoms with van der Waals surface area (Å²) in [6.45, 7) is 2.37. The van der Waals surface area contributed by atoms with Gasteiger partial charge in [-0.3, -0.25) is 14.5 Å². The van der Waals surface area contributed by atoms with E-state index in [-0.39, 0.29) is 29.5 Å².